The molecule has 0 spiro atoms. The van der Waals surface area contributed by atoms with Crippen LogP contribution in [0.4, 0.5) is 26.3 Å². The number of halogens is 6. The second kappa shape index (κ2) is 6.55. The summed E-state index contributed by atoms with van der Waals surface area (Å²) < 4.78 is 78.5. The van der Waals surface area contributed by atoms with Crippen molar-refractivity contribution in [2.24, 2.45) is 0 Å². The standard InChI is InChI=1S/C15H10F6N2O/c16-5-10(18)9(17)4-7-8(6-22)14(15(19,20)21)23-11-2-1-3-12(24)13(7)11/h1-3,9-10,24H,4-5H2. The van der Waals surface area contributed by atoms with E-state index in [0.717, 1.165) is 12.1 Å². The average molecular weight is 348 g/mol. The Morgan fingerprint density at radius 2 is 1.88 bits per heavy atom. The third-order valence-electron chi connectivity index (χ3n) is 3.41. The van der Waals surface area contributed by atoms with E-state index in [0.29, 0.717) is 0 Å². The van der Waals surface area contributed by atoms with Gasteiger partial charge in [-0.15, -0.1) is 0 Å². The minimum Gasteiger partial charge on any atom is -0.507 e. The average Bonchev–Trinajstić information content (AvgIpc) is 2.52. The highest BCUT2D eigenvalue weighted by Gasteiger charge is 2.38. The van der Waals surface area contributed by atoms with Crippen molar-refractivity contribution in [3.05, 3.63) is 35.0 Å². The molecule has 0 aliphatic heterocycles. The maximum atomic E-state index is 13.8. The third kappa shape index (κ3) is 3.22. The number of fused-ring (bicyclic) bond motifs is 1. The monoisotopic (exact) mass is 348 g/mol. The summed E-state index contributed by atoms with van der Waals surface area (Å²) in [4.78, 5) is 3.31. The van der Waals surface area contributed by atoms with Crippen LogP contribution < -0.4 is 0 Å². The number of hydrogen-bond acceptors (Lipinski definition) is 3. The van der Waals surface area contributed by atoms with Gasteiger partial charge in [0.2, 0.25) is 0 Å². The number of phenols is 1. The van der Waals surface area contributed by atoms with Crippen molar-refractivity contribution in [1.82, 2.24) is 4.98 Å². The van der Waals surface area contributed by atoms with Crippen molar-refractivity contribution < 1.29 is 31.4 Å². The number of aromatic hydroxyl groups is 1. The van der Waals surface area contributed by atoms with Crippen LogP contribution in [0.3, 0.4) is 0 Å². The van der Waals surface area contributed by atoms with Gasteiger partial charge in [0.1, 0.15) is 24.7 Å². The van der Waals surface area contributed by atoms with E-state index in [9.17, 15) is 31.4 Å². The number of hydrogen-bond donors (Lipinski definition) is 1. The summed E-state index contributed by atoms with van der Waals surface area (Å²) in [5.41, 5.74) is -3.48. The summed E-state index contributed by atoms with van der Waals surface area (Å²) in [5.74, 6) is -0.539. The summed E-state index contributed by atoms with van der Waals surface area (Å²) >= 11 is 0. The van der Waals surface area contributed by atoms with Gasteiger partial charge in [0.25, 0.3) is 0 Å². The van der Waals surface area contributed by atoms with Crippen molar-refractivity contribution in [3.8, 4) is 11.8 Å². The lowest BCUT2D eigenvalue weighted by molar-refractivity contribution is -0.141. The normalized spacial score (nSPS) is 14.4. The number of benzene rings is 1. The largest absolute Gasteiger partial charge is 0.507 e. The third-order valence-corrected chi connectivity index (χ3v) is 3.41. The predicted octanol–water partition coefficient (Wildman–Crippen LogP) is 4.02. The first kappa shape index (κ1) is 17.8. The fourth-order valence-electron chi connectivity index (χ4n) is 2.32. The highest BCUT2D eigenvalue weighted by molar-refractivity contribution is 5.90. The second-order valence-corrected chi connectivity index (χ2v) is 4.99. The van der Waals surface area contributed by atoms with Gasteiger partial charge in [0, 0.05) is 11.8 Å². The molecule has 9 heteroatoms. The fourth-order valence-corrected chi connectivity index (χ4v) is 2.32. The van der Waals surface area contributed by atoms with E-state index >= 15 is 0 Å². The number of phenolic OH excluding ortho intramolecular Hbond substituents is 1. The summed E-state index contributed by atoms with van der Waals surface area (Å²) in [6.07, 6.45) is -11.1. The Balaban J connectivity index is 2.80. The lowest BCUT2D eigenvalue weighted by atomic mass is 9.94. The Labute approximate surface area is 132 Å². The predicted molar refractivity (Wildman–Crippen MR) is 72.6 cm³/mol. The first-order chi connectivity index (χ1) is 11.2. The summed E-state index contributed by atoms with van der Waals surface area (Å²) in [6, 6.07) is 4.73. The fraction of sp³-hybridized carbons (Fsp3) is 0.333. The number of alkyl halides is 6. The van der Waals surface area contributed by atoms with Crippen LogP contribution in [0, 0.1) is 11.3 Å². The number of aromatic nitrogens is 1. The molecule has 24 heavy (non-hydrogen) atoms. The quantitative estimate of drug-likeness (QED) is 0.849. The molecule has 2 rings (SSSR count). The highest BCUT2D eigenvalue weighted by Crippen LogP contribution is 2.38. The molecule has 1 aromatic heterocycles. The molecule has 0 saturated carbocycles. The molecule has 1 N–H and O–H groups in total. The molecule has 1 heterocycles. The van der Waals surface area contributed by atoms with Crippen LogP contribution in [0.25, 0.3) is 10.9 Å². The summed E-state index contributed by atoms with van der Waals surface area (Å²) in [6.45, 7) is -1.66. The minimum absolute atomic E-state index is 0.296. The number of rotatable bonds is 4. The molecule has 128 valence electrons. The number of pyridine rings is 1. The van der Waals surface area contributed by atoms with Crippen LogP contribution in [0.1, 0.15) is 16.8 Å². The van der Waals surface area contributed by atoms with Crippen LogP contribution in [0.2, 0.25) is 0 Å². The molecule has 3 nitrogen and oxygen atoms in total. The van der Waals surface area contributed by atoms with E-state index in [1.807, 2.05) is 0 Å². The molecular formula is C15H10F6N2O. The molecule has 2 atom stereocenters. The van der Waals surface area contributed by atoms with Crippen LogP contribution in [0.15, 0.2) is 18.2 Å². The maximum absolute atomic E-state index is 13.8. The Hall–Kier alpha value is -2.50. The first-order valence-corrected chi connectivity index (χ1v) is 6.66. The van der Waals surface area contributed by atoms with Crippen molar-refractivity contribution in [3.63, 3.8) is 0 Å². The van der Waals surface area contributed by atoms with Gasteiger partial charge in [0.15, 0.2) is 11.9 Å². The lowest BCUT2D eigenvalue weighted by Crippen LogP contribution is -2.23. The van der Waals surface area contributed by atoms with Crippen molar-refractivity contribution in [2.75, 3.05) is 6.67 Å². The molecule has 0 radical (unpaired) electrons. The molecule has 2 aromatic rings. The van der Waals surface area contributed by atoms with Gasteiger partial charge in [-0.3, -0.25) is 0 Å². The molecule has 0 amide bonds. The van der Waals surface area contributed by atoms with Crippen LogP contribution in [0.5, 0.6) is 5.75 Å². The summed E-state index contributed by atoms with van der Waals surface area (Å²) in [5, 5.41) is 18.6. The van der Waals surface area contributed by atoms with E-state index in [1.165, 1.54) is 12.1 Å². The van der Waals surface area contributed by atoms with E-state index in [2.05, 4.69) is 4.98 Å². The molecule has 0 aliphatic rings. The Kier molecular flexibility index (Phi) is 4.87. The Bertz CT molecular complexity index is 799. The van der Waals surface area contributed by atoms with E-state index in [4.69, 9.17) is 5.26 Å². The van der Waals surface area contributed by atoms with E-state index in [1.54, 1.807) is 0 Å². The van der Waals surface area contributed by atoms with E-state index in [-0.39, 0.29) is 10.9 Å². The van der Waals surface area contributed by atoms with E-state index < -0.39 is 54.2 Å². The van der Waals surface area contributed by atoms with Crippen molar-refractivity contribution in [1.29, 1.82) is 5.26 Å². The zero-order chi connectivity index (χ0) is 18.1. The van der Waals surface area contributed by atoms with Gasteiger partial charge in [0.05, 0.1) is 11.1 Å². The molecule has 1 aromatic carbocycles. The topological polar surface area (TPSA) is 56.9 Å². The first-order valence-electron chi connectivity index (χ1n) is 6.66. The van der Waals surface area contributed by atoms with Gasteiger partial charge in [-0.2, -0.15) is 18.4 Å². The van der Waals surface area contributed by atoms with Crippen molar-refractivity contribution in [2.45, 2.75) is 24.9 Å². The van der Waals surface area contributed by atoms with Crippen molar-refractivity contribution >= 4 is 10.9 Å². The SMILES string of the molecule is N#Cc1c(C(F)(F)F)nc2cccc(O)c2c1CC(F)C(F)CF. The highest BCUT2D eigenvalue weighted by atomic mass is 19.4. The Morgan fingerprint density at radius 1 is 1.21 bits per heavy atom. The number of nitriles is 1. The van der Waals surface area contributed by atoms with Crippen LogP contribution >= 0.6 is 0 Å². The molecular weight excluding hydrogens is 338 g/mol. The van der Waals surface area contributed by atoms with Crippen LogP contribution in [-0.2, 0) is 12.6 Å². The smallest absolute Gasteiger partial charge is 0.434 e. The Morgan fingerprint density at radius 3 is 2.42 bits per heavy atom. The van der Waals surface area contributed by atoms with Gasteiger partial charge >= 0.3 is 6.18 Å². The van der Waals surface area contributed by atoms with Crippen LogP contribution in [-0.4, -0.2) is 29.1 Å². The van der Waals surface area contributed by atoms with Gasteiger partial charge in [-0.05, 0) is 17.7 Å². The lowest BCUT2D eigenvalue weighted by Gasteiger charge is -2.17. The van der Waals surface area contributed by atoms with Gasteiger partial charge in [-0.1, -0.05) is 6.07 Å². The molecule has 2 unspecified atom stereocenters. The zero-order valence-electron chi connectivity index (χ0n) is 11.9. The van der Waals surface area contributed by atoms with Gasteiger partial charge < -0.3 is 5.11 Å². The number of nitrogens with zero attached hydrogens (tertiary/aromatic N) is 2. The molecule has 0 saturated heterocycles. The molecule has 0 fully saturated rings. The minimum atomic E-state index is -5.01. The van der Waals surface area contributed by atoms with Gasteiger partial charge in [-0.25, -0.2) is 18.2 Å². The zero-order valence-corrected chi connectivity index (χ0v) is 11.9. The maximum Gasteiger partial charge on any atom is 0.434 e. The molecule has 0 bridgehead atoms. The summed E-state index contributed by atoms with van der Waals surface area (Å²) in [7, 11) is 0. The molecule has 0 aliphatic carbocycles. The second-order valence-electron chi connectivity index (χ2n) is 4.99.